The summed E-state index contributed by atoms with van der Waals surface area (Å²) < 4.78 is 3.80. The van der Waals surface area contributed by atoms with Crippen molar-refractivity contribution >= 4 is 5.91 Å². The zero-order valence-corrected chi connectivity index (χ0v) is 16.2. The van der Waals surface area contributed by atoms with Crippen LogP contribution in [0.1, 0.15) is 29.0 Å². The summed E-state index contributed by atoms with van der Waals surface area (Å²) >= 11 is 0. The average Bonchev–Trinajstić information content (AvgIpc) is 3.37. The molecule has 0 spiro atoms. The highest BCUT2D eigenvalue weighted by Gasteiger charge is 2.21. The van der Waals surface area contributed by atoms with Gasteiger partial charge in [0.15, 0.2) is 0 Å². The molecule has 3 heterocycles. The van der Waals surface area contributed by atoms with E-state index in [2.05, 4.69) is 37.0 Å². The smallest absolute Gasteiger partial charge is 0.254 e. The fraction of sp³-hybridized carbons (Fsp3) is 0.381. The Morgan fingerprint density at radius 2 is 2.00 bits per heavy atom. The van der Waals surface area contributed by atoms with Crippen LogP contribution < -0.4 is 5.32 Å². The molecule has 3 aromatic rings. The quantitative estimate of drug-likeness (QED) is 0.714. The van der Waals surface area contributed by atoms with Gasteiger partial charge < -0.3 is 9.88 Å². The van der Waals surface area contributed by atoms with Gasteiger partial charge in [-0.1, -0.05) is 18.2 Å². The van der Waals surface area contributed by atoms with Crippen molar-refractivity contribution in [3.8, 4) is 5.69 Å². The summed E-state index contributed by atoms with van der Waals surface area (Å²) in [6.45, 7) is 3.61. The molecule has 0 radical (unpaired) electrons. The van der Waals surface area contributed by atoms with Gasteiger partial charge in [0.25, 0.3) is 5.91 Å². The van der Waals surface area contributed by atoms with Gasteiger partial charge in [-0.2, -0.15) is 5.10 Å². The second-order valence-corrected chi connectivity index (χ2v) is 7.38. The Kier molecular flexibility index (Phi) is 5.53. The van der Waals surface area contributed by atoms with E-state index in [1.165, 1.54) is 0 Å². The Hall–Kier alpha value is -2.93. The Bertz CT molecular complexity index is 908. The molecule has 1 amide bonds. The van der Waals surface area contributed by atoms with Crippen LogP contribution in [-0.4, -0.2) is 49.8 Å². The number of nitrogens with zero attached hydrogens (tertiary/aromatic N) is 5. The van der Waals surface area contributed by atoms with Crippen molar-refractivity contribution in [2.75, 3.05) is 19.6 Å². The van der Waals surface area contributed by atoms with Gasteiger partial charge in [-0.3, -0.25) is 14.4 Å². The van der Waals surface area contributed by atoms with E-state index in [9.17, 15) is 4.79 Å². The van der Waals surface area contributed by atoms with Crippen LogP contribution in [-0.2, 0) is 13.6 Å². The van der Waals surface area contributed by atoms with Crippen molar-refractivity contribution in [1.29, 1.82) is 0 Å². The molecule has 4 rings (SSSR count). The molecule has 0 unspecified atom stereocenters. The third-order valence-electron chi connectivity index (χ3n) is 5.34. The van der Waals surface area contributed by atoms with E-state index >= 15 is 0 Å². The molecule has 1 aliphatic rings. The molecule has 1 N–H and O–H groups in total. The number of para-hydroxylation sites is 1. The van der Waals surface area contributed by atoms with Crippen LogP contribution in [0.5, 0.6) is 0 Å². The highest BCUT2D eigenvalue weighted by atomic mass is 16.1. The molecule has 7 heteroatoms. The third kappa shape index (κ3) is 4.31. The minimum atomic E-state index is -0.0413. The molecule has 1 fully saturated rings. The monoisotopic (exact) mass is 378 g/mol. The first-order valence-electron chi connectivity index (χ1n) is 9.76. The van der Waals surface area contributed by atoms with Gasteiger partial charge in [0, 0.05) is 37.9 Å². The molecule has 0 atom stereocenters. The molecule has 0 bridgehead atoms. The molecule has 146 valence electrons. The third-order valence-corrected chi connectivity index (χ3v) is 5.34. The van der Waals surface area contributed by atoms with Crippen LogP contribution in [0.15, 0.2) is 55.1 Å². The highest BCUT2D eigenvalue weighted by molar-refractivity contribution is 5.93. The van der Waals surface area contributed by atoms with Gasteiger partial charge in [0.2, 0.25) is 0 Å². The number of hydrogen-bond acceptors (Lipinski definition) is 4. The molecule has 1 saturated heterocycles. The summed E-state index contributed by atoms with van der Waals surface area (Å²) in [7, 11) is 1.82. The summed E-state index contributed by atoms with van der Waals surface area (Å²) in [5.74, 6) is 1.54. The molecule has 1 aromatic carbocycles. The number of aryl methyl sites for hydroxylation is 1. The van der Waals surface area contributed by atoms with E-state index in [1.807, 2.05) is 37.6 Å². The summed E-state index contributed by atoms with van der Waals surface area (Å²) in [6.07, 6.45) is 9.40. The molecule has 0 aliphatic carbocycles. The van der Waals surface area contributed by atoms with Gasteiger partial charge in [-0.15, -0.1) is 0 Å². The molecule has 7 nitrogen and oxygen atoms in total. The van der Waals surface area contributed by atoms with E-state index in [4.69, 9.17) is 0 Å². The fourth-order valence-corrected chi connectivity index (χ4v) is 3.70. The Morgan fingerprint density at radius 3 is 2.71 bits per heavy atom. The minimum absolute atomic E-state index is 0.0413. The molecular formula is C21H26N6O. The molecule has 2 aromatic heterocycles. The normalized spacial score (nSPS) is 15.6. The Labute approximate surface area is 165 Å². The average molecular weight is 378 g/mol. The zero-order chi connectivity index (χ0) is 19.3. The van der Waals surface area contributed by atoms with Crippen molar-refractivity contribution in [3.63, 3.8) is 0 Å². The maximum Gasteiger partial charge on any atom is 0.254 e. The summed E-state index contributed by atoms with van der Waals surface area (Å²) in [4.78, 5) is 19.2. The second kappa shape index (κ2) is 8.39. The highest BCUT2D eigenvalue weighted by Crippen LogP contribution is 2.19. The largest absolute Gasteiger partial charge is 0.352 e. The SMILES string of the molecule is Cn1cc(C(=O)NCC2CCN(Cc3nccn3-c3ccccc3)CC2)cn1. The van der Waals surface area contributed by atoms with E-state index in [-0.39, 0.29) is 5.91 Å². The van der Waals surface area contributed by atoms with Gasteiger partial charge in [-0.05, 0) is 44.0 Å². The number of aromatic nitrogens is 4. The maximum atomic E-state index is 12.2. The first kappa shape index (κ1) is 18.4. The van der Waals surface area contributed by atoms with Crippen LogP contribution in [0, 0.1) is 5.92 Å². The Balaban J connectivity index is 1.26. The number of rotatable bonds is 6. The van der Waals surface area contributed by atoms with Crippen molar-refractivity contribution < 1.29 is 4.79 Å². The van der Waals surface area contributed by atoms with Gasteiger partial charge in [0.05, 0.1) is 18.3 Å². The minimum Gasteiger partial charge on any atom is -0.352 e. The lowest BCUT2D eigenvalue weighted by molar-refractivity contribution is 0.0934. The number of benzene rings is 1. The van der Waals surface area contributed by atoms with Crippen LogP contribution in [0.4, 0.5) is 0 Å². The number of likely N-dealkylation sites (tertiary alicyclic amines) is 1. The predicted molar refractivity (Wildman–Crippen MR) is 107 cm³/mol. The lowest BCUT2D eigenvalue weighted by Crippen LogP contribution is -2.38. The van der Waals surface area contributed by atoms with E-state index in [0.29, 0.717) is 11.5 Å². The number of imidazole rings is 1. The number of hydrogen-bond donors (Lipinski definition) is 1. The van der Waals surface area contributed by atoms with Crippen molar-refractivity contribution in [2.24, 2.45) is 13.0 Å². The van der Waals surface area contributed by atoms with E-state index in [0.717, 1.165) is 50.5 Å². The first-order valence-corrected chi connectivity index (χ1v) is 9.76. The number of carbonyl (C=O) groups is 1. The lowest BCUT2D eigenvalue weighted by Gasteiger charge is -2.31. The van der Waals surface area contributed by atoms with E-state index in [1.54, 1.807) is 17.1 Å². The number of nitrogens with one attached hydrogen (secondary N) is 1. The maximum absolute atomic E-state index is 12.2. The van der Waals surface area contributed by atoms with Gasteiger partial charge >= 0.3 is 0 Å². The molecule has 1 aliphatic heterocycles. The summed E-state index contributed by atoms with van der Waals surface area (Å²) in [6, 6.07) is 10.3. The topological polar surface area (TPSA) is 68.0 Å². The second-order valence-electron chi connectivity index (χ2n) is 7.38. The fourth-order valence-electron chi connectivity index (χ4n) is 3.70. The molecule has 0 saturated carbocycles. The van der Waals surface area contributed by atoms with Crippen LogP contribution in [0.3, 0.4) is 0 Å². The van der Waals surface area contributed by atoms with Gasteiger partial charge in [0.1, 0.15) is 5.82 Å². The zero-order valence-electron chi connectivity index (χ0n) is 16.2. The number of piperidine rings is 1. The number of amides is 1. The van der Waals surface area contributed by atoms with Crippen LogP contribution in [0.25, 0.3) is 5.69 Å². The van der Waals surface area contributed by atoms with E-state index < -0.39 is 0 Å². The predicted octanol–water partition coefficient (Wildman–Crippen LogP) is 2.25. The van der Waals surface area contributed by atoms with Crippen molar-refractivity contribution in [2.45, 2.75) is 19.4 Å². The van der Waals surface area contributed by atoms with Gasteiger partial charge in [-0.25, -0.2) is 4.98 Å². The standard InChI is InChI=1S/C21H26N6O/c1-25-15-18(14-24-25)21(28)23-13-17-7-10-26(11-8-17)16-20-22-9-12-27(20)19-5-3-2-4-6-19/h2-6,9,12,14-15,17H,7-8,10-11,13,16H2,1H3,(H,23,28). The van der Waals surface area contributed by atoms with Crippen molar-refractivity contribution in [3.05, 3.63) is 66.5 Å². The number of carbonyl (C=O) groups excluding carboxylic acids is 1. The lowest BCUT2D eigenvalue weighted by atomic mass is 9.96. The molecular weight excluding hydrogens is 352 g/mol. The summed E-state index contributed by atoms with van der Waals surface area (Å²) in [5.41, 5.74) is 1.76. The van der Waals surface area contributed by atoms with Crippen molar-refractivity contribution in [1.82, 2.24) is 29.5 Å². The summed E-state index contributed by atoms with van der Waals surface area (Å²) in [5, 5.41) is 7.09. The first-order chi connectivity index (χ1) is 13.7. The van der Waals surface area contributed by atoms with Crippen LogP contribution >= 0.6 is 0 Å². The Morgan fingerprint density at radius 1 is 1.21 bits per heavy atom. The molecule has 28 heavy (non-hydrogen) atoms. The van der Waals surface area contributed by atoms with Crippen LogP contribution in [0.2, 0.25) is 0 Å².